The third-order valence-electron chi connectivity index (χ3n) is 3.54. The van der Waals surface area contributed by atoms with Crippen LogP contribution in [0.5, 0.6) is 0 Å². The number of hydrogen-bond acceptors (Lipinski definition) is 5. The van der Waals surface area contributed by atoms with Crippen LogP contribution in [-0.2, 0) is 15.3 Å². The number of aliphatic carboxylic acids is 1. The Morgan fingerprint density at radius 2 is 2.08 bits per heavy atom. The molecular weight excluding hydrogens is 340 g/mol. The fraction of sp³-hybridized carbons (Fsp3) is 0.389. The van der Waals surface area contributed by atoms with Gasteiger partial charge in [0.2, 0.25) is 11.8 Å². The van der Waals surface area contributed by atoms with Gasteiger partial charge in [-0.25, -0.2) is 9.78 Å². The first-order valence-electron chi connectivity index (χ1n) is 8.20. The first-order chi connectivity index (χ1) is 12.1. The van der Waals surface area contributed by atoms with Gasteiger partial charge in [-0.1, -0.05) is 38.0 Å². The van der Waals surface area contributed by atoms with Crippen molar-refractivity contribution in [2.45, 2.75) is 38.0 Å². The first-order valence-corrected chi connectivity index (χ1v) is 9.35. The smallest absolute Gasteiger partial charge is 0.326 e. The topological polar surface area (TPSA) is 92.4 Å². The molecular formula is C18H22N2O4S. The maximum atomic E-state index is 11.9. The summed E-state index contributed by atoms with van der Waals surface area (Å²) < 4.78 is 5.45. The molecule has 0 fully saturated rings. The van der Waals surface area contributed by atoms with Crippen LogP contribution in [0.3, 0.4) is 0 Å². The average molecular weight is 362 g/mol. The lowest BCUT2D eigenvalue weighted by Gasteiger charge is -2.13. The molecule has 0 bridgehead atoms. The van der Waals surface area contributed by atoms with Crippen molar-refractivity contribution in [2.75, 3.05) is 5.75 Å². The van der Waals surface area contributed by atoms with Crippen LogP contribution in [-0.4, -0.2) is 33.8 Å². The summed E-state index contributed by atoms with van der Waals surface area (Å²) in [5, 5.41) is 11.7. The molecule has 0 unspecified atom stereocenters. The molecule has 1 atom stereocenters. The van der Waals surface area contributed by atoms with E-state index in [0.717, 1.165) is 24.1 Å². The molecule has 0 aliphatic rings. The van der Waals surface area contributed by atoms with Crippen molar-refractivity contribution in [1.82, 2.24) is 10.3 Å². The SMILES string of the molecule is CCCC[C@H](NC(=O)CSCc1coc(-c2ccccc2)n1)C(=O)O. The minimum Gasteiger partial charge on any atom is -0.480 e. The summed E-state index contributed by atoms with van der Waals surface area (Å²) >= 11 is 1.37. The molecule has 25 heavy (non-hydrogen) atoms. The molecule has 0 aliphatic heterocycles. The number of carboxylic acid groups (broad SMARTS) is 1. The van der Waals surface area contributed by atoms with Gasteiger partial charge in [0.05, 0.1) is 11.4 Å². The molecule has 134 valence electrons. The van der Waals surface area contributed by atoms with Gasteiger partial charge in [0, 0.05) is 11.3 Å². The highest BCUT2D eigenvalue weighted by Gasteiger charge is 2.19. The number of hydrogen-bond donors (Lipinski definition) is 2. The number of nitrogens with zero attached hydrogens (tertiary/aromatic N) is 1. The Morgan fingerprint density at radius 3 is 2.76 bits per heavy atom. The average Bonchev–Trinajstić information content (AvgIpc) is 3.08. The van der Waals surface area contributed by atoms with Gasteiger partial charge in [0.15, 0.2) is 0 Å². The van der Waals surface area contributed by atoms with Gasteiger partial charge in [-0.15, -0.1) is 11.8 Å². The zero-order valence-corrected chi connectivity index (χ0v) is 14.9. The zero-order valence-electron chi connectivity index (χ0n) is 14.1. The molecule has 0 spiro atoms. The Hall–Kier alpha value is -2.28. The van der Waals surface area contributed by atoms with Gasteiger partial charge in [-0.05, 0) is 18.6 Å². The van der Waals surface area contributed by atoms with Crippen LogP contribution in [0.15, 0.2) is 41.0 Å². The van der Waals surface area contributed by atoms with Gasteiger partial charge < -0.3 is 14.8 Å². The van der Waals surface area contributed by atoms with Crippen molar-refractivity contribution in [2.24, 2.45) is 0 Å². The van der Waals surface area contributed by atoms with Gasteiger partial charge in [0.25, 0.3) is 0 Å². The van der Waals surface area contributed by atoms with Gasteiger partial charge in [-0.2, -0.15) is 0 Å². The number of amides is 1. The van der Waals surface area contributed by atoms with Crippen LogP contribution >= 0.6 is 11.8 Å². The summed E-state index contributed by atoms with van der Waals surface area (Å²) in [7, 11) is 0. The maximum absolute atomic E-state index is 11.9. The molecule has 2 N–H and O–H groups in total. The van der Waals surface area contributed by atoms with E-state index in [4.69, 9.17) is 9.52 Å². The number of rotatable bonds is 10. The molecule has 0 aliphatic carbocycles. The number of thioether (sulfide) groups is 1. The third-order valence-corrected chi connectivity index (χ3v) is 4.50. The minimum atomic E-state index is -0.990. The fourth-order valence-electron chi connectivity index (χ4n) is 2.24. The Labute approximate surface area is 151 Å². The highest BCUT2D eigenvalue weighted by molar-refractivity contribution is 7.99. The Balaban J connectivity index is 1.77. The molecule has 1 aromatic carbocycles. The minimum absolute atomic E-state index is 0.184. The molecule has 0 saturated heterocycles. The number of aromatic nitrogens is 1. The van der Waals surface area contributed by atoms with Crippen LogP contribution in [0.25, 0.3) is 11.5 Å². The highest BCUT2D eigenvalue weighted by Crippen LogP contribution is 2.20. The van der Waals surface area contributed by atoms with E-state index in [1.807, 2.05) is 37.3 Å². The zero-order chi connectivity index (χ0) is 18.1. The largest absolute Gasteiger partial charge is 0.480 e. The molecule has 0 radical (unpaired) electrons. The molecule has 0 saturated carbocycles. The van der Waals surface area contributed by atoms with E-state index in [-0.39, 0.29) is 11.7 Å². The van der Waals surface area contributed by atoms with E-state index in [1.54, 1.807) is 6.26 Å². The lowest BCUT2D eigenvalue weighted by atomic mass is 10.1. The lowest BCUT2D eigenvalue weighted by Crippen LogP contribution is -2.41. The van der Waals surface area contributed by atoms with Crippen LogP contribution < -0.4 is 5.32 Å². The van der Waals surface area contributed by atoms with Gasteiger partial charge in [0.1, 0.15) is 12.3 Å². The van der Waals surface area contributed by atoms with E-state index in [0.29, 0.717) is 18.1 Å². The number of oxazole rings is 1. The van der Waals surface area contributed by atoms with Crippen molar-refractivity contribution < 1.29 is 19.1 Å². The number of carboxylic acids is 1. The standard InChI is InChI=1S/C18H22N2O4S/c1-2-3-9-15(18(22)23)20-16(21)12-25-11-14-10-24-17(19-14)13-7-5-4-6-8-13/h4-8,10,15H,2-3,9,11-12H2,1H3,(H,20,21)(H,22,23)/t15-/m0/s1. The second-order valence-corrected chi connectivity index (χ2v) is 6.59. The number of nitrogens with one attached hydrogen (secondary N) is 1. The van der Waals surface area contributed by atoms with E-state index >= 15 is 0 Å². The molecule has 1 heterocycles. The van der Waals surface area contributed by atoms with Crippen molar-refractivity contribution >= 4 is 23.6 Å². The van der Waals surface area contributed by atoms with Crippen molar-refractivity contribution in [3.05, 3.63) is 42.3 Å². The Bertz CT molecular complexity index is 687. The monoisotopic (exact) mass is 362 g/mol. The summed E-state index contributed by atoms with van der Waals surface area (Å²) in [5.41, 5.74) is 1.65. The normalized spacial score (nSPS) is 11.9. The van der Waals surface area contributed by atoms with Crippen LogP contribution in [0.4, 0.5) is 0 Å². The predicted octanol–water partition coefficient (Wildman–Crippen LogP) is 3.33. The van der Waals surface area contributed by atoms with Crippen LogP contribution in [0.2, 0.25) is 0 Å². The second-order valence-electron chi connectivity index (χ2n) is 5.60. The van der Waals surface area contributed by atoms with Crippen LogP contribution in [0.1, 0.15) is 31.9 Å². The summed E-state index contributed by atoms with van der Waals surface area (Å²) in [6, 6.07) is 8.76. The summed E-state index contributed by atoms with van der Waals surface area (Å²) in [6.45, 7) is 1.98. The molecule has 1 aromatic heterocycles. The molecule has 2 rings (SSSR count). The van der Waals surface area contributed by atoms with Crippen molar-refractivity contribution in [3.8, 4) is 11.5 Å². The number of benzene rings is 1. The lowest BCUT2D eigenvalue weighted by molar-refractivity contribution is -0.141. The van der Waals surface area contributed by atoms with E-state index in [9.17, 15) is 9.59 Å². The fourth-order valence-corrected chi connectivity index (χ4v) is 2.95. The van der Waals surface area contributed by atoms with Crippen molar-refractivity contribution in [1.29, 1.82) is 0 Å². The van der Waals surface area contributed by atoms with E-state index in [1.165, 1.54) is 11.8 Å². The van der Waals surface area contributed by atoms with E-state index in [2.05, 4.69) is 10.3 Å². The Kier molecular flexibility index (Phi) is 7.53. The molecule has 7 heteroatoms. The summed E-state index contributed by atoms with van der Waals surface area (Å²) in [6.07, 6.45) is 3.69. The van der Waals surface area contributed by atoms with Crippen molar-refractivity contribution in [3.63, 3.8) is 0 Å². The number of unbranched alkanes of at least 4 members (excludes halogenated alkanes) is 1. The van der Waals surface area contributed by atoms with E-state index < -0.39 is 12.0 Å². The summed E-state index contributed by atoms with van der Waals surface area (Å²) in [5.74, 6) is -0.0119. The Morgan fingerprint density at radius 1 is 1.32 bits per heavy atom. The van der Waals surface area contributed by atoms with Gasteiger partial charge >= 0.3 is 5.97 Å². The predicted molar refractivity (Wildman–Crippen MR) is 97.2 cm³/mol. The summed E-state index contributed by atoms with van der Waals surface area (Å²) in [4.78, 5) is 27.4. The number of carbonyl (C=O) groups excluding carboxylic acids is 1. The maximum Gasteiger partial charge on any atom is 0.326 e. The third kappa shape index (κ3) is 6.26. The molecule has 6 nitrogen and oxygen atoms in total. The number of carbonyl (C=O) groups is 2. The van der Waals surface area contributed by atoms with Gasteiger partial charge in [-0.3, -0.25) is 4.79 Å². The van der Waals surface area contributed by atoms with Crippen LogP contribution in [0, 0.1) is 0 Å². The molecule has 2 aromatic rings. The molecule has 1 amide bonds. The second kappa shape index (κ2) is 9.88. The first kappa shape index (κ1) is 19.1. The quantitative estimate of drug-likeness (QED) is 0.673. The highest BCUT2D eigenvalue weighted by atomic mass is 32.2.